The van der Waals surface area contributed by atoms with Crippen LogP contribution in [0.3, 0.4) is 0 Å². The van der Waals surface area contributed by atoms with Crippen molar-refractivity contribution in [1.29, 1.82) is 5.26 Å². The van der Waals surface area contributed by atoms with E-state index in [2.05, 4.69) is 34.3 Å². The zero-order valence-corrected chi connectivity index (χ0v) is 16.4. The Labute approximate surface area is 163 Å². The largest absolute Gasteiger partial charge is 0.371 e. The lowest BCUT2D eigenvalue weighted by Gasteiger charge is -2.17. The van der Waals surface area contributed by atoms with E-state index in [0.29, 0.717) is 22.1 Å². The van der Waals surface area contributed by atoms with E-state index in [1.807, 2.05) is 18.4 Å². The summed E-state index contributed by atoms with van der Waals surface area (Å²) in [4.78, 5) is 19.9. The first-order valence-corrected chi connectivity index (χ1v) is 10.5. The van der Waals surface area contributed by atoms with Crippen LogP contribution in [-0.2, 0) is 6.42 Å². The third kappa shape index (κ3) is 3.40. The first-order valence-electron chi connectivity index (χ1n) is 9.32. The van der Waals surface area contributed by atoms with E-state index in [9.17, 15) is 10.1 Å². The van der Waals surface area contributed by atoms with Crippen LogP contribution in [0.15, 0.2) is 29.3 Å². The molecule has 0 saturated heterocycles. The lowest BCUT2D eigenvalue weighted by molar-refractivity contribution is 0.102. The maximum absolute atomic E-state index is 13.0. The molecule has 0 spiro atoms. The molecule has 1 amide bonds. The number of thioether (sulfide) groups is 1. The maximum Gasteiger partial charge on any atom is 0.257 e. The monoisotopic (exact) mass is 378 g/mol. The van der Waals surface area contributed by atoms with E-state index in [0.717, 1.165) is 43.7 Å². The van der Waals surface area contributed by atoms with Gasteiger partial charge in [0.05, 0.1) is 11.1 Å². The second kappa shape index (κ2) is 7.24. The Morgan fingerprint density at radius 3 is 2.89 bits per heavy atom. The van der Waals surface area contributed by atoms with E-state index < -0.39 is 0 Å². The first kappa shape index (κ1) is 17.9. The Morgan fingerprint density at radius 1 is 1.41 bits per heavy atom. The number of carbonyl (C=O) groups excluding carboxylic acids is 1. The molecule has 6 heteroatoms. The van der Waals surface area contributed by atoms with Crippen molar-refractivity contribution >= 4 is 29.0 Å². The molecule has 1 saturated carbocycles. The number of likely N-dealkylation sites (N-methyl/N-ethyl adjacent to an activating group) is 1. The van der Waals surface area contributed by atoms with Crippen molar-refractivity contribution in [1.82, 2.24) is 4.98 Å². The number of pyridine rings is 1. The molecule has 5 nitrogen and oxygen atoms in total. The number of nitrogens with one attached hydrogen (secondary N) is 1. The Hall–Kier alpha value is -2.52. The average molecular weight is 379 g/mol. The van der Waals surface area contributed by atoms with Gasteiger partial charge in [-0.3, -0.25) is 4.79 Å². The summed E-state index contributed by atoms with van der Waals surface area (Å²) >= 11 is 1.42. The van der Waals surface area contributed by atoms with Gasteiger partial charge in [0.1, 0.15) is 11.1 Å². The molecule has 0 unspecified atom stereocenters. The van der Waals surface area contributed by atoms with Crippen molar-refractivity contribution in [3.05, 3.63) is 46.6 Å². The molecule has 1 aromatic carbocycles. The van der Waals surface area contributed by atoms with Gasteiger partial charge in [0.15, 0.2) is 0 Å². The van der Waals surface area contributed by atoms with Crippen LogP contribution in [0.1, 0.15) is 52.9 Å². The fraction of sp³-hybridized carbons (Fsp3) is 0.381. The quantitative estimate of drug-likeness (QED) is 0.790. The molecule has 0 bridgehead atoms. The Kier molecular flexibility index (Phi) is 4.79. The Bertz CT molecular complexity index is 946. The van der Waals surface area contributed by atoms with Crippen LogP contribution in [0.25, 0.3) is 0 Å². The molecule has 2 aromatic rings. The molecule has 1 aliphatic carbocycles. The maximum atomic E-state index is 13.0. The van der Waals surface area contributed by atoms with Crippen molar-refractivity contribution < 1.29 is 4.79 Å². The fourth-order valence-corrected chi connectivity index (χ4v) is 4.17. The predicted octanol–water partition coefficient (Wildman–Crippen LogP) is 4.19. The lowest BCUT2D eigenvalue weighted by Crippen LogP contribution is -2.19. The summed E-state index contributed by atoms with van der Waals surface area (Å²) in [6.07, 6.45) is 5.14. The summed E-state index contributed by atoms with van der Waals surface area (Å²) in [5, 5.41) is 13.2. The molecule has 4 rings (SSSR count). The number of benzene rings is 1. The van der Waals surface area contributed by atoms with Gasteiger partial charge < -0.3 is 10.2 Å². The summed E-state index contributed by atoms with van der Waals surface area (Å²) < 4.78 is 0. The summed E-state index contributed by atoms with van der Waals surface area (Å²) in [7, 11) is 0. The molecule has 1 aliphatic heterocycles. The van der Waals surface area contributed by atoms with Gasteiger partial charge >= 0.3 is 0 Å². The topological polar surface area (TPSA) is 69.0 Å². The zero-order chi connectivity index (χ0) is 19.0. The van der Waals surface area contributed by atoms with Crippen LogP contribution in [-0.4, -0.2) is 30.2 Å². The normalized spacial score (nSPS) is 15.4. The number of amides is 1. The Balaban J connectivity index is 1.66. The molecule has 0 atom stereocenters. The van der Waals surface area contributed by atoms with Crippen molar-refractivity contribution in [2.75, 3.05) is 29.6 Å². The lowest BCUT2D eigenvalue weighted by atomic mass is 10.1. The third-order valence-electron chi connectivity index (χ3n) is 5.27. The molecule has 138 valence electrons. The molecule has 1 N–H and O–H groups in total. The number of anilines is 2. The summed E-state index contributed by atoms with van der Waals surface area (Å²) in [5.41, 5.74) is 4.98. The van der Waals surface area contributed by atoms with Gasteiger partial charge in [-0.25, -0.2) is 4.98 Å². The molecule has 27 heavy (non-hydrogen) atoms. The highest BCUT2D eigenvalue weighted by molar-refractivity contribution is 7.98. The van der Waals surface area contributed by atoms with E-state index in [4.69, 9.17) is 0 Å². The molecule has 1 fully saturated rings. The predicted molar refractivity (Wildman–Crippen MR) is 109 cm³/mol. The highest BCUT2D eigenvalue weighted by Crippen LogP contribution is 2.40. The van der Waals surface area contributed by atoms with E-state index in [1.165, 1.54) is 23.0 Å². The van der Waals surface area contributed by atoms with Gasteiger partial charge in [-0.2, -0.15) is 5.26 Å². The SMILES string of the molecule is CCN1CCc2ccc(NC(=O)c3cc(C4CC4)nc(SC)c3C#N)cc21. The number of nitriles is 1. The Morgan fingerprint density at radius 2 is 2.22 bits per heavy atom. The number of nitrogens with zero attached hydrogens (tertiary/aromatic N) is 3. The summed E-state index contributed by atoms with van der Waals surface area (Å²) in [5.74, 6) is 0.181. The van der Waals surface area contributed by atoms with Gasteiger partial charge in [-0.15, -0.1) is 11.8 Å². The minimum absolute atomic E-state index is 0.243. The smallest absolute Gasteiger partial charge is 0.257 e. The average Bonchev–Trinajstić information content (AvgIpc) is 3.46. The van der Waals surface area contributed by atoms with Crippen LogP contribution in [0.5, 0.6) is 0 Å². The minimum atomic E-state index is -0.243. The van der Waals surface area contributed by atoms with Crippen LogP contribution in [0.2, 0.25) is 0 Å². The number of rotatable bonds is 5. The van der Waals surface area contributed by atoms with Gasteiger partial charge in [-0.1, -0.05) is 6.07 Å². The van der Waals surface area contributed by atoms with Crippen LogP contribution < -0.4 is 10.2 Å². The van der Waals surface area contributed by atoms with E-state index in [1.54, 1.807) is 6.07 Å². The first-order chi connectivity index (χ1) is 13.1. The van der Waals surface area contributed by atoms with Crippen molar-refractivity contribution in [2.45, 2.75) is 37.1 Å². The van der Waals surface area contributed by atoms with Crippen molar-refractivity contribution in [3.63, 3.8) is 0 Å². The van der Waals surface area contributed by atoms with Gasteiger partial charge in [0.2, 0.25) is 0 Å². The molecule has 2 heterocycles. The van der Waals surface area contributed by atoms with Gasteiger partial charge in [0.25, 0.3) is 5.91 Å². The standard InChI is InChI=1S/C21H22N4OS/c1-3-25-9-8-14-6-7-15(10-19(14)25)23-20(26)16-11-18(13-4-5-13)24-21(27-2)17(16)12-22/h6-7,10-11,13H,3-5,8-9H2,1-2H3,(H,23,26). The van der Waals surface area contributed by atoms with Crippen LogP contribution in [0.4, 0.5) is 11.4 Å². The number of hydrogen-bond donors (Lipinski definition) is 1. The summed E-state index contributed by atoms with van der Waals surface area (Å²) in [6, 6.07) is 10.0. The summed E-state index contributed by atoms with van der Waals surface area (Å²) in [6.45, 7) is 4.11. The number of fused-ring (bicyclic) bond motifs is 1. The zero-order valence-electron chi connectivity index (χ0n) is 15.6. The molecular formula is C21H22N4OS. The second-order valence-corrected chi connectivity index (χ2v) is 7.79. The fourth-order valence-electron chi connectivity index (χ4n) is 3.61. The number of aromatic nitrogens is 1. The number of hydrogen-bond acceptors (Lipinski definition) is 5. The van der Waals surface area contributed by atoms with Gasteiger partial charge in [-0.05, 0) is 56.2 Å². The molecule has 1 aromatic heterocycles. The molecule has 2 aliphatic rings. The van der Waals surface area contributed by atoms with E-state index >= 15 is 0 Å². The van der Waals surface area contributed by atoms with Crippen molar-refractivity contribution in [2.24, 2.45) is 0 Å². The van der Waals surface area contributed by atoms with Gasteiger partial charge in [0, 0.05) is 36.1 Å². The highest BCUT2D eigenvalue weighted by Gasteiger charge is 2.28. The van der Waals surface area contributed by atoms with E-state index in [-0.39, 0.29) is 5.91 Å². The van der Waals surface area contributed by atoms with Crippen molar-refractivity contribution in [3.8, 4) is 6.07 Å². The second-order valence-electron chi connectivity index (χ2n) is 6.99. The van der Waals surface area contributed by atoms with Crippen LogP contribution in [0, 0.1) is 11.3 Å². The number of carbonyl (C=O) groups is 1. The third-order valence-corrected chi connectivity index (χ3v) is 5.95. The molecular weight excluding hydrogens is 356 g/mol. The highest BCUT2D eigenvalue weighted by atomic mass is 32.2. The molecule has 0 radical (unpaired) electrons. The minimum Gasteiger partial charge on any atom is -0.371 e. The van der Waals surface area contributed by atoms with Crippen LogP contribution >= 0.6 is 11.8 Å².